The fourth-order valence-electron chi connectivity index (χ4n) is 2.18. The summed E-state index contributed by atoms with van der Waals surface area (Å²) in [7, 11) is 0. The smallest absolute Gasteiger partial charge is 0.369 e. The number of carbonyl (C=O) groups excluding carboxylic acids is 2. The molecule has 0 aromatic rings. The lowest BCUT2D eigenvalue weighted by molar-refractivity contribution is -0.515. The Morgan fingerprint density at radius 3 is 1.85 bits per heavy atom. The van der Waals surface area contributed by atoms with Crippen LogP contribution in [0.2, 0.25) is 0 Å². The highest BCUT2D eigenvalue weighted by Gasteiger charge is 2.18. The third-order valence-corrected chi connectivity index (χ3v) is 4.32. The third kappa shape index (κ3) is 17.8. The summed E-state index contributed by atoms with van der Waals surface area (Å²) in [4.78, 5) is 32.2. The van der Waals surface area contributed by atoms with E-state index in [1.807, 2.05) is 6.92 Å². The van der Waals surface area contributed by atoms with Crippen LogP contribution in [0.4, 0.5) is 0 Å². The zero-order chi connectivity index (χ0) is 20.4. The molecule has 0 fully saturated rings. The van der Waals surface area contributed by atoms with E-state index in [2.05, 4.69) is 16.8 Å². The average Bonchev–Trinajstić information content (AvgIpc) is 2.64. The van der Waals surface area contributed by atoms with E-state index in [9.17, 15) is 9.59 Å². The minimum atomic E-state index is -0.835. The van der Waals surface area contributed by atoms with Gasteiger partial charge in [-0.15, -0.1) is 0 Å². The Morgan fingerprint density at radius 1 is 0.778 bits per heavy atom. The molecule has 0 radical (unpaired) electrons. The summed E-state index contributed by atoms with van der Waals surface area (Å²) in [5, 5.41) is 4.40. The van der Waals surface area contributed by atoms with Crippen molar-refractivity contribution in [2.24, 2.45) is 0 Å². The van der Waals surface area contributed by atoms with Crippen molar-refractivity contribution < 1.29 is 29.1 Å². The van der Waals surface area contributed by atoms with Gasteiger partial charge >= 0.3 is 11.9 Å². The molecule has 0 heterocycles. The standard InChI is InChI=1S/C21H38O6/c1-5-7-8-9-10-11-12-13-14-15-18-24-19(22)16-17-20(23)25-27-26-21(3,4)6-2/h16-17H,5-15,18H2,1-4H3/b17-16+. The van der Waals surface area contributed by atoms with Gasteiger partial charge in [0.1, 0.15) is 5.60 Å². The Kier molecular flexibility index (Phi) is 15.9. The van der Waals surface area contributed by atoms with Crippen molar-refractivity contribution in [2.75, 3.05) is 6.61 Å². The Balaban J connectivity index is 3.54. The molecule has 6 nitrogen and oxygen atoms in total. The average molecular weight is 387 g/mol. The van der Waals surface area contributed by atoms with Crippen LogP contribution in [0.25, 0.3) is 0 Å². The van der Waals surface area contributed by atoms with E-state index in [0.717, 1.165) is 25.0 Å². The fraction of sp³-hybridized carbons (Fsp3) is 0.810. The molecule has 0 atom stereocenters. The van der Waals surface area contributed by atoms with Gasteiger partial charge in [0.25, 0.3) is 0 Å². The van der Waals surface area contributed by atoms with Gasteiger partial charge in [-0.05, 0) is 31.7 Å². The Hall–Kier alpha value is -1.40. The van der Waals surface area contributed by atoms with Gasteiger partial charge in [-0.1, -0.05) is 71.6 Å². The third-order valence-electron chi connectivity index (χ3n) is 4.32. The first kappa shape index (κ1) is 25.6. The van der Waals surface area contributed by atoms with Crippen molar-refractivity contribution in [3.63, 3.8) is 0 Å². The monoisotopic (exact) mass is 386 g/mol. The van der Waals surface area contributed by atoms with Gasteiger partial charge in [0, 0.05) is 12.2 Å². The number of ether oxygens (including phenoxy) is 1. The summed E-state index contributed by atoms with van der Waals surface area (Å²) in [5.41, 5.74) is -0.558. The van der Waals surface area contributed by atoms with Crippen LogP contribution in [-0.2, 0) is 29.1 Å². The molecule has 0 rings (SSSR count). The second kappa shape index (κ2) is 16.8. The maximum atomic E-state index is 11.5. The van der Waals surface area contributed by atoms with E-state index in [1.54, 1.807) is 13.8 Å². The number of carbonyl (C=O) groups is 2. The first-order valence-electron chi connectivity index (χ1n) is 10.3. The summed E-state index contributed by atoms with van der Waals surface area (Å²) in [6, 6.07) is 0. The molecule has 0 saturated heterocycles. The number of hydrogen-bond acceptors (Lipinski definition) is 6. The molecule has 0 aromatic carbocycles. The van der Waals surface area contributed by atoms with Gasteiger partial charge in [0.15, 0.2) is 0 Å². The predicted molar refractivity (Wildman–Crippen MR) is 105 cm³/mol. The molecule has 0 aliphatic rings. The van der Waals surface area contributed by atoms with Crippen LogP contribution in [-0.4, -0.2) is 24.1 Å². The molecular formula is C21H38O6. The molecule has 6 heteroatoms. The maximum Gasteiger partial charge on any atom is 0.369 e. The summed E-state index contributed by atoms with van der Waals surface area (Å²) in [6.45, 7) is 8.09. The molecule has 0 saturated carbocycles. The zero-order valence-corrected chi connectivity index (χ0v) is 17.6. The van der Waals surface area contributed by atoms with Gasteiger partial charge < -0.3 is 4.74 Å². The lowest BCUT2D eigenvalue weighted by atomic mass is 10.1. The Labute approximate surface area is 164 Å². The van der Waals surface area contributed by atoms with Crippen molar-refractivity contribution in [3.05, 3.63) is 12.2 Å². The number of unbranched alkanes of at least 4 members (excludes halogenated alkanes) is 9. The van der Waals surface area contributed by atoms with Crippen LogP contribution in [0, 0.1) is 0 Å². The van der Waals surface area contributed by atoms with Crippen LogP contribution in [0.5, 0.6) is 0 Å². The molecule has 0 N–H and O–H groups in total. The van der Waals surface area contributed by atoms with Gasteiger partial charge in [-0.25, -0.2) is 9.59 Å². The summed E-state index contributed by atoms with van der Waals surface area (Å²) >= 11 is 0. The quantitative estimate of drug-likeness (QED) is 0.106. The topological polar surface area (TPSA) is 71.1 Å². The molecule has 158 valence electrons. The lowest BCUT2D eigenvalue weighted by Crippen LogP contribution is -2.24. The number of rotatable bonds is 17. The molecular weight excluding hydrogens is 348 g/mol. The van der Waals surface area contributed by atoms with Crippen molar-refractivity contribution in [1.82, 2.24) is 0 Å². The molecule has 0 aliphatic heterocycles. The van der Waals surface area contributed by atoms with E-state index in [-0.39, 0.29) is 0 Å². The molecule has 0 aromatic heterocycles. The van der Waals surface area contributed by atoms with E-state index < -0.39 is 17.5 Å². The summed E-state index contributed by atoms with van der Waals surface area (Å²) in [5.74, 6) is -1.41. The summed E-state index contributed by atoms with van der Waals surface area (Å²) in [6.07, 6.45) is 14.9. The Bertz CT molecular complexity index is 417. The van der Waals surface area contributed by atoms with Gasteiger partial charge in [0.2, 0.25) is 0 Å². The van der Waals surface area contributed by atoms with E-state index in [4.69, 9.17) is 9.62 Å². The molecule has 0 spiro atoms. The molecule has 27 heavy (non-hydrogen) atoms. The van der Waals surface area contributed by atoms with Gasteiger partial charge in [-0.2, -0.15) is 4.89 Å². The van der Waals surface area contributed by atoms with Crippen LogP contribution < -0.4 is 0 Å². The molecule has 0 amide bonds. The van der Waals surface area contributed by atoms with Crippen LogP contribution in [0.1, 0.15) is 98.3 Å². The van der Waals surface area contributed by atoms with Crippen molar-refractivity contribution in [3.8, 4) is 0 Å². The van der Waals surface area contributed by atoms with E-state index in [1.165, 1.54) is 51.4 Å². The molecule has 0 bridgehead atoms. The molecule has 0 aliphatic carbocycles. The van der Waals surface area contributed by atoms with E-state index >= 15 is 0 Å². The maximum absolute atomic E-state index is 11.5. The second-order valence-corrected chi connectivity index (χ2v) is 7.35. The highest BCUT2D eigenvalue weighted by atomic mass is 17.5. The largest absolute Gasteiger partial charge is 0.463 e. The number of hydrogen-bond donors (Lipinski definition) is 0. The minimum Gasteiger partial charge on any atom is -0.463 e. The lowest BCUT2D eigenvalue weighted by Gasteiger charge is -2.19. The van der Waals surface area contributed by atoms with Crippen LogP contribution in [0.3, 0.4) is 0 Å². The SMILES string of the molecule is CCCCCCCCCCCCOC(=O)/C=C/C(=O)OOOC(C)(C)CC. The van der Waals surface area contributed by atoms with Crippen molar-refractivity contribution >= 4 is 11.9 Å². The minimum absolute atomic E-state index is 0.360. The van der Waals surface area contributed by atoms with Gasteiger partial charge in [0.05, 0.1) is 6.61 Å². The first-order chi connectivity index (χ1) is 12.9. The highest BCUT2D eigenvalue weighted by Crippen LogP contribution is 2.13. The fourth-order valence-corrected chi connectivity index (χ4v) is 2.18. The van der Waals surface area contributed by atoms with E-state index in [0.29, 0.717) is 13.0 Å². The van der Waals surface area contributed by atoms with Crippen molar-refractivity contribution in [2.45, 2.75) is 104 Å². The normalized spacial score (nSPS) is 11.7. The van der Waals surface area contributed by atoms with Crippen molar-refractivity contribution in [1.29, 1.82) is 0 Å². The zero-order valence-electron chi connectivity index (χ0n) is 17.6. The first-order valence-corrected chi connectivity index (χ1v) is 10.3. The highest BCUT2D eigenvalue weighted by molar-refractivity contribution is 5.91. The van der Waals surface area contributed by atoms with Crippen LogP contribution in [0.15, 0.2) is 12.2 Å². The van der Waals surface area contributed by atoms with Crippen LogP contribution >= 0.6 is 0 Å². The predicted octanol–water partition coefficient (Wildman–Crippen LogP) is 5.60. The summed E-state index contributed by atoms with van der Waals surface area (Å²) < 4.78 is 5.03. The molecule has 0 unspecified atom stereocenters. The Morgan fingerprint density at radius 2 is 1.30 bits per heavy atom. The van der Waals surface area contributed by atoms with Gasteiger partial charge in [-0.3, -0.25) is 4.89 Å². The number of esters is 1. The second-order valence-electron chi connectivity index (χ2n) is 7.35.